The van der Waals surface area contributed by atoms with Gasteiger partial charge in [-0.05, 0) is 47.2 Å². The summed E-state index contributed by atoms with van der Waals surface area (Å²) < 4.78 is 6.66. The Labute approximate surface area is 220 Å². The SMILES string of the molecule is CCCCCC(CC)(Pc1ccccc1C=O)c1cc(C(C)(C)C)cc(C)c1OCc1ccccc1. The van der Waals surface area contributed by atoms with E-state index in [0.717, 1.165) is 42.2 Å². The lowest BCUT2D eigenvalue weighted by Crippen LogP contribution is -2.26. The zero-order chi connectivity index (χ0) is 26.2. The third kappa shape index (κ3) is 6.86. The van der Waals surface area contributed by atoms with E-state index in [1.807, 2.05) is 18.2 Å². The van der Waals surface area contributed by atoms with Crippen molar-refractivity contribution in [1.29, 1.82) is 0 Å². The molecule has 0 bridgehead atoms. The highest BCUT2D eigenvalue weighted by Gasteiger charge is 2.36. The standard InChI is InChI=1S/C33H43O2P/c1-7-9-15-20-33(8-2,36-30-19-14-13-18-27(30)23-34)29-22-28(32(4,5)6)21-25(3)31(29)35-24-26-16-11-10-12-17-26/h10-14,16-19,21-23,36H,7-9,15,20,24H2,1-6H3. The summed E-state index contributed by atoms with van der Waals surface area (Å²) >= 11 is 0. The summed E-state index contributed by atoms with van der Waals surface area (Å²) in [5, 5.41) is 1.06. The minimum absolute atomic E-state index is 0.0319. The summed E-state index contributed by atoms with van der Waals surface area (Å²) in [6.07, 6.45) is 6.65. The van der Waals surface area contributed by atoms with E-state index >= 15 is 0 Å². The highest BCUT2D eigenvalue weighted by molar-refractivity contribution is 7.48. The van der Waals surface area contributed by atoms with E-state index in [9.17, 15) is 4.79 Å². The fourth-order valence-electron chi connectivity index (χ4n) is 4.85. The third-order valence-corrected chi connectivity index (χ3v) is 9.23. The number of aryl methyl sites for hydroxylation is 1. The highest BCUT2D eigenvalue weighted by Crippen LogP contribution is 2.53. The molecule has 192 valence electrons. The summed E-state index contributed by atoms with van der Waals surface area (Å²) in [7, 11) is 0.492. The molecule has 2 atom stereocenters. The lowest BCUT2D eigenvalue weighted by Gasteiger charge is -2.37. The van der Waals surface area contributed by atoms with Gasteiger partial charge in [-0.2, -0.15) is 0 Å². The maximum atomic E-state index is 11.9. The highest BCUT2D eigenvalue weighted by atomic mass is 31.1. The van der Waals surface area contributed by atoms with E-state index in [-0.39, 0.29) is 10.6 Å². The predicted octanol–water partition coefficient (Wildman–Crippen LogP) is 8.87. The van der Waals surface area contributed by atoms with Crippen molar-refractivity contribution in [3.63, 3.8) is 0 Å². The Morgan fingerprint density at radius 1 is 0.917 bits per heavy atom. The van der Waals surface area contributed by atoms with Crippen molar-refractivity contribution in [2.24, 2.45) is 0 Å². The zero-order valence-corrected chi connectivity index (χ0v) is 24.0. The van der Waals surface area contributed by atoms with Crippen LogP contribution in [0.4, 0.5) is 0 Å². The van der Waals surface area contributed by atoms with Gasteiger partial charge in [-0.15, -0.1) is 0 Å². The topological polar surface area (TPSA) is 26.3 Å². The Hall–Kier alpha value is -2.44. The van der Waals surface area contributed by atoms with E-state index in [4.69, 9.17) is 4.74 Å². The number of aldehydes is 1. The van der Waals surface area contributed by atoms with E-state index < -0.39 is 0 Å². The van der Waals surface area contributed by atoms with Crippen molar-refractivity contribution < 1.29 is 9.53 Å². The van der Waals surface area contributed by atoms with Gasteiger partial charge in [0.15, 0.2) is 6.29 Å². The van der Waals surface area contributed by atoms with Crippen molar-refractivity contribution >= 4 is 20.2 Å². The molecule has 3 aromatic rings. The summed E-state index contributed by atoms with van der Waals surface area (Å²) in [6.45, 7) is 14.2. The van der Waals surface area contributed by atoms with Crippen LogP contribution in [0.1, 0.15) is 99.3 Å². The average Bonchev–Trinajstić information content (AvgIpc) is 2.87. The van der Waals surface area contributed by atoms with Crippen molar-refractivity contribution in [1.82, 2.24) is 0 Å². The van der Waals surface area contributed by atoms with Crippen LogP contribution in [0.2, 0.25) is 0 Å². The second-order valence-corrected chi connectivity index (χ2v) is 12.7. The Morgan fingerprint density at radius 2 is 1.61 bits per heavy atom. The maximum Gasteiger partial charge on any atom is 0.150 e. The lowest BCUT2D eigenvalue weighted by molar-refractivity contribution is 0.112. The first kappa shape index (κ1) is 28.1. The number of unbranched alkanes of at least 4 members (excludes halogenated alkanes) is 2. The largest absolute Gasteiger partial charge is 0.488 e. The molecular formula is C33H43O2P. The molecule has 0 saturated carbocycles. The molecule has 36 heavy (non-hydrogen) atoms. The van der Waals surface area contributed by atoms with Gasteiger partial charge in [-0.1, -0.05) is 129 Å². The van der Waals surface area contributed by atoms with E-state index in [1.54, 1.807) is 0 Å². The number of hydrogen-bond donors (Lipinski definition) is 0. The van der Waals surface area contributed by atoms with Gasteiger partial charge < -0.3 is 4.74 Å². The second kappa shape index (κ2) is 12.7. The number of carbonyl (C=O) groups excluding carboxylic acids is 1. The number of hydrogen-bond acceptors (Lipinski definition) is 2. The van der Waals surface area contributed by atoms with Crippen LogP contribution in [0.3, 0.4) is 0 Å². The maximum absolute atomic E-state index is 11.9. The van der Waals surface area contributed by atoms with Gasteiger partial charge in [-0.25, -0.2) is 0 Å². The summed E-state index contributed by atoms with van der Waals surface area (Å²) in [4.78, 5) is 11.9. The molecule has 0 spiro atoms. The van der Waals surface area contributed by atoms with Crippen LogP contribution in [0, 0.1) is 6.92 Å². The molecule has 3 rings (SSSR count). The fourth-order valence-corrected chi connectivity index (χ4v) is 6.63. The zero-order valence-electron chi connectivity index (χ0n) is 23.0. The van der Waals surface area contributed by atoms with Gasteiger partial charge in [0.1, 0.15) is 12.4 Å². The number of carbonyl (C=O) groups is 1. The molecule has 0 fully saturated rings. The molecule has 3 heteroatoms. The first-order chi connectivity index (χ1) is 17.2. The van der Waals surface area contributed by atoms with Gasteiger partial charge in [0.2, 0.25) is 0 Å². The molecular weight excluding hydrogens is 459 g/mol. The molecule has 0 aromatic heterocycles. The summed E-state index contributed by atoms with van der Waals surface area (Å²) in [5.74, 6) is 1.02. The molecule has 0 radical (unpaired) electrons. The molecule has 3 aromatic carbocycles. The molecule has 2 unspecified atom stereocenters. The van der Waals surface area contributed by atoms with Crippen LogP contribution < -0.4 is 10.0 Å². The van der Waals surface area contributed by atoms with Crippen molar-refractivity contribution in [3.8, 4) is 5.75 Å². The number of ether oxygens (including phenoxy) is 1. The second-order valence-electron chi connectivity index (χ2n) is 10.9. The molecule has 0 heterocycles. The Kier molecular flexibility index (Phi) is 9.92. The van der Waals surface area contributed by atoms with Crippen LogP contribution in [0.5, 0.6) is 5.75 Å². The molecule has 0 aliphatic rings. The third-order valence-electron chi connectivity index (χ3n) is 7.15. The minimum atomic E-state index is -0.0909. The van der Waals surface area contributed by atoms with Gasteiger partial charge in [0.05, 0.1) is 0 Å². The first-order valence-corrected chi connectivity index (χ1v) is 14.4. The number of rotatable bonds is 12. The molecule has 0 amide bonds. The van der Waals surface area contributed by atoms with E-state index in [1.165, 1.54) is 35.1 Å². The van der Waals surface area contributed by atoms with Crippen molar-refractivity contribution in [3.05, 3.63) is 94.5 Å². The van der Waals surface area contributed by atoms with Gasteiger partial charge >= 0.3 is 0 Å². The Morgan fingerprint density at radius 3 is 2.25 bits per heavy atom. The van der Waals surface area contributed by atoms with E-state index in [2.05, 4.69) is 90.1 Å². The van der Waals surface area contributed by atoms with E-state index in [0.29, 0.717) is 15.2 Å². The van der Waals surface area contributed by atoms with Crippen molar-refractivity contribution in [2.45, 2.75) is 90.8 Å². The smallest absolute Gasteiger partial charge is 0.150 e. The monoisotopic (exact) mass is 502 g/mol. The summed E-state index contributed by atoms with van der Waals surface area (Å²) in [5.41, 5.74) is 5.84. The Bertz CT molecular complexity index is 1130. The lowest BCUT2D eigenvalue weighted by atomic mass is 9.80. The predicted molar refractivity (Wildman–Crippen MR) is 157 cm³/mol. The molecule has 0 aliphatic carbocycles. The van der Waals surface area contributed by atoms with Crippen molar-refractivity contribution in [2.75, 3.05) is 0 Å². The number of benzene rings is 3. The average molecular weight is 503 g/mol. The molecule has 0 saturated heterocycles. The first-order valence-electron chi connectivity index (χ1n) is 13.4. The van der Waals surface area contributed by atoms with Gasteiger partial charge in [-0.3, -0.25) is 4.79 Å². The Balaban J connectivity index is 2.19. The van der Waals surface area contributed by atoms with Crippen LogP contribution in [-0.2, 0) is 17.2 Å². The van der Waals surface area contributed by atoms with Gasteiger partial charge in [0.25, 0.3) is 0 Å². The minimum Gasteiger partial charge on any atom is -0.488 e. The van der Waals surface area contributed by atoms with Crippen LogP contribution in [-0.4, -0.2) is 6.29 Å². The van der Waals surface area contributed by atoms with Crippen LogP contribution in [0.25, 0.3) is 0 Å². The normalized spacial score (nSPS) is 13.6. The molecule has 2 nitrogen and oxygen atoms in total. The fraction of sp³-hybridized carbons (Fsp3) is 0.424. The summed E-state index contributed by atoms with van der Waals surface area (Å²) in [6, 6.07) is 23.2. The van der Waals surface area contributed by atoms with Crippen LogP contribution in [0.15, 0.2) is 66.7 Å². The molecule has 0 aliphatic heterocycles. The quantitative estimate of drug-likeness (QED) is 0.140. The van der Waals surface area contributed by atoms with Crippen LogP contribution >= 0.6 is 8.58 Å². The molecule has 0 N–H and O–H groups in total. The van der Waals surface area contributed by atoms with Gasteiger partial charge in [0, 0.05) is 16.3 Å².